The van der Waals surface area contributed by atoms with Crippen LogP contribution in [0.1, 0.15) is 44.9 Å². The summed E-state index contributed by atoms with van der Waals surface area (Å²) in [7, 11) is -4.41. The number of amides is 1. The Morgan fingerprint density at radius 3 is 2.38 bits per heavy atom. The van der Waals surface area contributed by atoms with Crippen molar-refractivity contribution in [1.29, 1.82) is 0 Å². The summed E-state index contributed by atoms with van der Waals surface area (Å²) in [6, 6.07) is 12.2. The molecule has 5 rings (SSSR count). The molecular weight excluding hydrogens is 665 g/mol. The molecule has 1 atom stereocenters. The van der Waals surface area contributed by atoms with Crippen LogP contribution in [0.2, 0.25) is 0 Å². The number of ether oxygens (including phenoxy) is 3. The van der Waals surface area contributed by atoms with Crippen LogP contribution in [-0.2, 0) is 30.4 Å². The van der Waals surface area contributed by atoms with Crippen LogP contribution in [0.25, 0.3) is 16.9 Å². The number of hydrogen-bond acceptors (Lipinski definition) is 11. The van der Waals surface area contributed by atoms with E-state index in [4.69, 9.17) is 23.7 Å². The smallest absolute Gasteiger partial charge is 0.447 e. The predicted molar refractivity (Wildman–Crippen MR) is 160 cm³/mol. The van der Waals surface area contributed by atoms with Crippen LogP contribution in [0.15, 0.2) is 64.1 Å². The molecule has 1 amide bonds. The Hall–Kier alpha value is -5.07. The zero-order valence-electron chi connectivity index (χ0n) is 26.3. The normalized spacial score (nSPS) is 15.4. The molecule has 260 valence electrons. The third kappa shape index (κ3) is 8.44. The quantitative estimate of drug-likeness (QED) is 0.182. The number of aromatic nitrogens is 4. The van der Waals surface area contributed by atoms with Gasteiger partial charge in [-0.25, -0.2) is 27.4 Å². The molecule has 0 bridgehead atoms. The second-order valence-corrected chi connectivity index (χ2v) is 13.5. The largest absolute Gasteiger partial charge is 0.511 e. The van der Waals surface area contributed by atoms with Crippen LogP contribution < -0.4 is 14.6 Å². The molecule has 1 aliphatic heterocycles. The van der Waals surface area contributed by atoms with Crippen molar-refractivity contribution >= 4 is 22.3 Å². The van der Waals surface area contributed by atoms with E-state index in [1.165, 1.54) is 17.1 Å². The SMILES string of the molecule is Cc1ccc(-c2cc(C(F)(F)F)nn2-c2ccc(S(=O)(=O)NC(=O)OCC3CCCN3n3on3OCOC(=O)OC(C)(C)C)cc2)cc1. The van der Waals surface area contributed by atoms with E-state index in [0.29, 0.717) is 24.9 Å². The summed E-state index contributed by atoms with van der Waals surface area (Å²) in [6.07, 6.45) is -5.58. The van der Waals surface area contributed by atoms with Gasteiger partial charge in [0.15, 0.2) is 5.69 Å². The molecule has 1 aliphatic rings. The number of sulfonamides is 1. The molecule has 0 aliphatic carbocycles. The van der Waals surface area contributed by atoms with E-state index >= 15 is 0 Å². The first kappa shape index (κ1) is 34.3. The monoisotopic (exact) mass is 698 g/mol. The molecule has 0 spiro atoms. The van der Waals surface area contributed by atoms with Crippen LogP contribution in [0, 0.1) is 6.92 Å². The molecule has 0 radical (unpaired) electrons. The highest BCUT2D eigenvalue weighted by Gasteiger charge is 2.36. The van der Waals surface area contributed by atoms with E-state index < -0.39 is 52.6 Å². The van der Waals surface area contributed by atoms with Crippen molar-refractivity contribution in [3.63, 3.8) is 0 Å². The maximum Gasteiger partial charge on any atom is 0.511 e. The number of carbonyl (C=O) groups is 2. The Kier molecular flexibility index (Phi) is 9.43. The number of alkyl halides is 3. The Morgan fingerprint density at radius 1 is 1.04 bits per heavy atom. The van der Waals surface area contributed by atoms with Crippen molar-refractivity contribution in [3.8, 4) is 16.9 Å². The summed E-state index contributed by atoms with van der Waals surface area (Å²) >= 11 is 0. The van der Waals surface area contributed by atoms with Crippen LogP contribution in [0.3, 0.4) is 0 Å². The third-order valence-corrected chi connectivity index (χ3v) is 8.24. The fourth-order valence-corrected chi connectivity index (χ4v) is 5.55. The van der Waals surface area contributed by atoms with Gasteiger partial charge in [-0.2, -0.15) is 22.9 Å². The number of nitrogens with one attached hydrogen (secondary N) is 1. The molecule has 3 heterocycles. The Morgan fingerprint density at radius 2 is 1.73 bits per heavy atom. The second-order valence-electron chi connectivity index (χ2n) is 11.8. The van der Waals surface area contributed by atoms with Gasteiger partial charge >= 0.3 is 18.4 Å². The molecule has 2 aromatic heterocycles. The van der Waals surface area contributed by atoms with E-state index in [1.54, 1.807) is 50.0 Å². The number of nitrogens with zero attached hydrogens (tertiary/aromatic N) is 5. The lowest BCUT2D eigenvalue weighted by Gasteiger charge is -2.20. The van der Waals surface area contributed by atoms with Gasteiger partial charge in [-0.3, -0.25) is 5.01 Å². The van der Waals surface area contributed by atoms with Gasteiger partial charge in [-0.15, -0.1) is 0 Å². The van der Waals surface area contributed by atoms with Gasteiger partial charge in [0.1, 0.15) is 17.2 Å². The lowest BCUT2D eigenvalue weighted by molar-refractivity contribution is -0.141. The van der Waals surface area contributed by atoms with Crippen LogP contribution in [0.4, 0.5) is 22.8 Å². The van der Waals surface area contributed by atoms with E-state index in [0.717, 1.165) is 33.5 Å². The lowest BCUT2D eigenvalue weighted by atomic mass is 10.1. The minimum atomic E-state index is -4.71. The fourth-order valence-electron chi connectivity index (χ4n) is 4.66. The highest BCUT2D eigenvalue weighted by Crippen LogP contribution is 2.33. The minimum Gasteiger partial charge on any atom is -0.447 e. The van der Waals surface area contributed by atoms with Crippen molar-refractivity contribution in [3.05, 3.63) is 65.9 Å². The minimum absolute atomic E-state index is 0.150. The molecular formula is C29H33F3N6O9S. The van der Waals surface area contributed by atoms with Gasteiger partial charge in [-0.05, 0) is 70.9 Å². The van der Waals surface area contributed by atoms with E-state index in [9.17, 15) is 31.2 Å². The van der Waals surface area contributed by atoms with Crippen molar-refractivity contribution in [2.45, 2.75) is 63.3 Å². The van der Waals surface area contributed by atoms with Crippen molar-refractivity contribution in [2.75, 3.05) is 25.0 Å². The Labute approximate surface area is 272 Å². The second kappa shape index (κ2) is 13.2. The summed E-state index contributed by atoms with van der Waals surface area (Å²) in [5.41, 5.74) is -0.148. The highest BCUT2D eigenvalue weighted by atomic mass is 32.2. The molecule has 1 unspecified atom stereocenters. The number of carbonyl (C=O) groups excluding carboxylic acids is 2. The Balaban J connectivity index is 1.17. The highest BCUT2D eigenvalue weighted by molar-refractivity contribution is 7.90. The summed E-state index contributed by atoms with van der Waals surface area (Å²) in [5, 5.41) is 6.32. The van der Waals surface area contributed by atoms with E-state index in [-0.39, 0.29) is 22.9 Å². The zero-order valence-corrected chi connectivity index (χ0v) is 27.1. The van der Waals surface area contributed by atoms with Gasteiger partial charge < -0.3 is 19.0 Å². The molecule has 2 aromatic carbocycles. The molecule has 4 aromatic rings. The zero-order chi connectivity index (χ0) is 34.9. The molecule has 1 N–H and O–H groups in total. The maximum absolute atomic E-state index is 13.5. The van der Waals surface area contributed by atoms with Crippen LogP contribution >= 0.6 is 0 Å². The fraction of sp³-hybridized carbons (Fsp3) is 0.414. The molecule has 1 fully saturated rings. The van der Waals surface area contributed by atoms with Crippen molar-refractivity contribution < 1.29 is 54.9 Å². The first-order valence-corrected chi connectivity index (χ1v) is 16.1. The predicted octanol–water partition coefficient (Wildman–Crippen LogP) is 4.62. The molecule has 48 heavy (non-hydrogen) atoms. The first-order valence-electron chi connectivity index (χ1n) is 14.6. The number of halogens is 3. The molecule has 1 saturated heterocycles. The van der Waals surface area contributed by atoms with E-state index in [2.05, 4.69) is 5.10 Å². The van der Waals surface area contributed by atoms with Crippen LogP contribution in [-0.4, -0.2) is 72.0 Å². The molecule has 0 saturated carbocycles. The number of benzene rings is 2. The van der Waals surface area contributed by atoms with E-state index in [1.807, 2.05) is 11.6 Å². The number of hydrogen-bond donors (Lipinski definition) is 1. The average Bonchev–Trinajstić information content (AvgIpc) is 3.37. The molecule has 15 nitrogen and oxygen atoms in total. The Bertz CT molecular complexity index is 1840. The van der Waals surface area contributed by atoms with Gasteiger partial charge in [0.05, 0.1) is 27.3 Å². The van der Waals surface area contributed by atoms with Gasteiger partial charge in [0.25, 0.3) is 16.8 Å². The van der Waals surface area contributed by atoms with Crippen LogP contribution in [0.5, 0.6) is 0 Å². The van der Waals surface area contributed by atoms with Gasteiger partial charge in [-0.1, -0.05) is 29.8 Å². The first-order chi connectivity index (χ1) is 22.5. The number of aryl methyl sites for hydroxylation is 1. The van der Waals surface area contributed by atoms with Crippen molar-refractivity contribution in [1.82, 2.24) is 24.5 Å². The number of rotatable bonds is 10. The van der Waals surface area contributed by atoms with Gasteiger partial charge in [0.2, 0.25) is 0 Å². The average molecular weight is 699 g/mol. The third-order valence-electron chi connectivity index (χ3n) is 6.92. The lowest BCUT2D eigenvalue weighted by Crippen LogP contribution is -2.42. The van der Waals surface area contributed by atoms with Gasteiger partial charge in [0, 0.05) is 12.1 Å². The standard InChI is InChI=1S/C29H33F3N6O9S/c1-19-7-9-20(10-8-19)24-16-25(29(30,31)32)33-36(24)21-11-13-23(14-12-21)48(41,42)34-26(39)43-17-22-6-5-15-35(22)37-38(47-37)45-18-44-27(40)46-28(2,3)4/h7-14,16,22H,5-6,15,17-18H2,1-4H3,(H,34,39). The van der Waals surface area contributed by atoms with Crippen molar-refractivity contribution in [2.24, 2.45) is 0 Å². The molecule has 19 heteroatoms. The maximum atomic E-state index is 13.5. The summed E-state index contributed by atoms with van der Waals surface area (Å²) in [6.45, 7) is 6.68. The summed E-state index contributed by atoms with van der Waals surface area (Å²) in [4.78, 5) is 30.1. The topological polar surface area (TPSA) is 161 Å². The summed E-state index contributed by atoms with van der Waals surface area (Å²) < 4.78 is 89.4. The summed E-state index contributed by atoms with van der Waals surface area (Å²) in [5.74, 6) is 0.